The van der Waals surface area contributed by atoms with Crippen molar-refractivity contribution in [3.8, 4) is 0 Å². The predicted molar refractivity (Wildman–Crippen MR) is 117 cm³/mol. The smallest absolute Gasteiger partial charge is 0.270 e. The van der Waals surface area contributed by atoms with Gasteiger partial charge in [-0.2, -0.15) is 4.98 Å². The number of hydrogen-bond donors (Lipinski definition) is 2. The molecule has 0 amide bonds. The number of anilines is 2. The van der Waals surface area contributed by atoms with Crippen molar-refractivity contribution in [2.24, 2.45) is 12.8 Å². The van der Waals surface area contributed by atoms with E-state index in [0.717, 1.165) is 39.1 Å². The Morgan fingerprint density at radius 3 is 2.75 bits per heavy atom. The van der Waals surface area contributed by atoms with Crippen LogP contribution in [-0.2, 0) is 7.05 Å². The summed E-state index contributed by atoms with van der Waals surface area (Å²) in [5.41, 5.74) is 11.6. The van der Waals surface area contributed by atoms with E-state index in [4.69, 9.17) is 34.7 Å². The summed E-state index contributed by atoms with van der Waals surface area (Å²) in [7, 11) is 1.72. The molecule has 0 aliphatic carbocycles. The van der Waals surface area contributed by atoms with Gasteiger partial charge in [0, 0.05) is 44.7 Å². The molecule has 0 unspecified atom stereocenters. The van der Waals surface area contributed by atoms with Crippen LogP contribution in [0.25, 0.3) is 0 Å². The lowest BCUT2D eigenvalue weighted by Crippen LogP contribution is -2.37. The molecule has 3 rings (SSSR count). The summed E-state index contributed by atoms with van der Waals surface area (Å²) < 4.78 is 1.55. The minimum atomic E-state index is -0.202. The van der Waals surface area contributed by atoms with Crippen LogP contribution in [0.15, 0.2) is 32.8 Å². The standard InChI is InChI=1S/C18H24Cl2N6OS/c1-24-17(27)15(28-13-5-2-4-12(19)14(13)20)16(22)23-18(24)26-8-3-7-25(9-6-21)10-11-26/h2,4-5H,3,6-11,21-22H2,1H3. The first-order valence-corrected chi connectivity index (χ1v) is 10.7. The maximum atomic E-state index is 13.0. The van der Waals surface area contributed by atoms with E-state index in [1.807, 2.05) is 0 Å². The van der Waals surface area contributed by atoms with Crippen molar-refractivity contribution in [3.05, 3.63) is 38.6 Å². The molecule has 1 aliphatic rings. The Hall–Kier alpha value is -1.45. The van der Waals surface area contributed by atoms with Gasteiger partial charge in [-0.1, -0.05) is 41.0 Å². The van der Waals surface area contributed by atoms with Crippen molar-refractivity contribution in [2.45, 2.75) is 16.2 Å². The fourth-order valence-electron chi connectivity index (χ4n) is 3.21. The number of nitrogens with two attached hydrogens (primary N) is 2. The fourth-order valence-corrected chi connectivity index (χ4v) is 4.63. The lowest BCUT2D eigenvalue weighted by molar-refractivity contribution is 0.302. The van der Waals surface area contributed by atoms with E-state index in [-0.39, 0.29) is 11.4 Å². The molecule has 0 atom stereocenters. The molecule has 152 valence electrons. The number of rotatable bonds is 5. The molecule has 1 aromatic carbocycles. The van der Waals surface area contributed by atoms with Gasteiger partial charge in [0.15, 0.2) is 0 Å². The maximum Gasteiger partial charge on any atom is 0.270 e. The summed E-state index contributed by atoms with van der Waals surface area (Å²) in [4.78, 5) is 23.0. The summed E-state index contributed by atoms with van der Waals surface area (Å²) in [5.74, 6) is 0.779. The highest BCUT2D eigenvalue weighted by Crippen LogP contribution is 2.37. The Morgan fingerprint density at radius 2 is 2.00 bits per heavy atom. The Balaban J connectivity index is 1.88. The van der Waals surface area contributed by atoms with Crippen molar-refractivity contribution in [1.82, 2.24) is 14.5 Å². The number of nitrogens with zero attached hydrogens (tertiary/aromatic N) is 4. The van der Waals surface area contributed by atoms with Crippen LogP contribution >= 0.6 is 35.0 Å². The van der Waals surface area contributed by atoms with Crippen LogP contribution in [-0.4, -0.2) is 53.7 Å². The van der Waals surface area contributed by atoms with Gasteiger partial charge in [0.25, 0.3) is 5.56 Å². The average Bonchev–Trinajstić information content (AvgIpc) is 2.91. The zero-order valence-electron chi connectivity index (χ0n) is 15.7. The normalized spacial score (nSPS) is 15.6. The van der Waals surface area contributed by atoms with Gasteiger partial charge in [0.1, 0.15) is 10.7 Å². The SMILES string of the molecule is Cn1c(N2CCCN(CCN)CC2)nc(N)c(Sc2cccc(Cl)c2Cl)c1=O. The molecule has 1 aromatic heterocycles. The fraction of sp³-hybridized carbons (Fsp3) is 0.444. The Morgan fingerprint density at radius 1 is 1.21 bits per heavy atom. The van der Waals surface area contributed by atoms with Gasteiger partial charge in [0.2, 0.25) is 5.95 Å². The molecule has 2 heterocycles. The van der Waals surface area contributed by atoms with Gasteiger partial charge in [-0.3, -0.25) is 9.36 Å². The van der Waals surface area contributed by atoms with Crippen molar-refractivity contribution >= 4 is 46.7 Å². The summed E-state index contributed by atoms with van der Waals surface area (Å²) in [6.45, 7) is 4.96. The monoisotopic (exact) mass is 442 g/mol. The molecule has 2 aromatic rings. The summed E-state index contributed by atoms with van der Waals surface area (Å²) in [5, 5.41) is 0.824. The molecule has 0 bridgehead atoms. The van der Waals surface area contributed by atoms with Crippen LogP contribution in [0, 0.1) is 0 Å². The van der Waals surface area contributed by atoms with Gasteiger partial charge in [-0.05, 0) is 25.1 Å². The second-order valence-corrected chi connectivity index (χ2v) is 8.45. The summed E-state index contributed by atoms with van der Waals surface area (Å²) >= 11 is 13.5. The highest BCUT2D eigenvalue weighted by Gasteiger charge is 2.21. The molecule has 0 saturated carbocycles. The van der Waals surface area contributed by atoms with Crippen molar-refractivity contribution in [2.75, 3.05) is 49.9 Å². The third kappa shape index (κ3) is 4.58. The molecule has 4 N–H and O–H groups in total. The van der Waals surface area contributed by atoms with Crippen LogP contribution in [0.3, 0.4) is 0 Å². The van der Waals surface area contributed by atoms with Crippen LogP contribution in [0.1, 0.15) is 6.42 Å². The second-order valence-electron chi connectivity index (χ2n) is 6.62. The molecule has 7 nitrogen and oxygen atoms in total. The number of halogens is 2. The lowest BCUT2D eigenvalue weighted by Gasteiger charge is -2.24. The van der Waals surface area contributed by atoms with Crippen LogP contribution in [0.4, 0.5) is 11.8 Å². The predicted octanol–water partition coefficient (Wildman–Crippen LogP) is 2.29. The topological polar surface area (TPSA) is 93.4 Å². The van der Waals surface area contributed by atoms with E-state index >= 15 is 0 Å². The van der Waals surface area contributed by atoms with E-state index in [0.29, 0.717) is 32.3 Å². The van der Waals surface area contributed by atoms with E-state index in [1.54, 1.807) is 29.8 Å². The zero-order valence-corrected chi connectivity index (χ0v) is 18.0. The van der Waals surface area contributed by atoms with Crippen molar-refractivity contribution in [3.63, 3.8) is 0 Å². The first-order valence-electron chi connectivity index (χ1n) is 9.08. The number of aromatic nitrogens is 2. The largest absolute Gasteiger partial charge is 0.382 e. The maximum absolute atomic E-state index is 13.0. The minimum Gasteiger partial charge on any atom is -0.382 e. The third-order valence-corrected chi connectivity index (χ3v) is 6.78. The molecule has 0 radical (unpaired) electrons. The van der Waals surface area contributed by atoms with E-state index in [2.05, 4.69) is 14.8 Å². The second kappa shape index (κ2) is 9.37. The molecular formula is C18H24Cl2N6OS. The number of hydrogen-bond acceptors (Lipinski definition) is 7. The van der Waals surface area contributed by atoms with Gasteiger partial charge < -0.3 is 21.3 Å². The quantitative estimate of drug-likeness (QED) is 0.733. The van der Waals surface area contributed by atoms with Gasteiger partial charge in [-0.25, -0.2) is 0 Å². The highest BCUT2D eigenvalue weighted by atomic mass is 35.5. The summed E-state index contributed by atoms with van der Waals surface area (Å²) in [6, 6.07) is 5.28. The Labute approximate surface area is 178 Å². The zero-order chi connectivity index (χ0) is 20.3. The van der Waals surface area contributed by atoms with Gasteiger partial charge in [0.05, 0.1) is 10.0 Å². The average molecular weight is 443 g/mol. The minimum absolute atomic E-state index is 0.196. The van der Waals surface area contributed by atoms with Crippen molar-refractivity contribution in [1.29, 1.82) is 0 Å². The number of benzene rings is 1. The first-order chi connectivity index (χ1) is 13.4. The molecule has 0 spiro atoms. The highest BCUT2D eigenvalue weighted by molar-refractivity contribution is 7.99. The summed E-state index contributed by atoms with van der Waals surface area (Å²) in [6.07, 6.45) is 0.977. The Kier molecular flexibility index (Phi) is 7.11. The molecule has 1 fully saturated rings. The van der Waals surface area contributed by atoms with Gasteiger partial charge in [-0.15, -0.1) is 0 Å². The molecule has 28 heavy (non-hydrogen) atoms. The van der Waals surface area contributed by atoms with E-state index < -0.39 is 0 Å². The molecule has 10 heteroatoms. The lowest BCUT2D eigenvalue weighted by atomic mass is 10.4. The van der Waals surface area contributed by atoms with Crippen molar-refractivity contribution < 1.29 is 0 Å². The number of nitrogen functional groups attached to an aromatic ring is 1. The molecule has 1 aliphatic heterocycles. The van der Waals surface area contributed by atoms with Crippen LogP contribution < -0.4 is 21.9 Å². The van der Waals surface area contributed by atoms with Gasteiger partial charge >= 0.3 is 0 Å². The first kappa shape index (κ1) is 21.3. The van der Waals surface area contributed by atoms with E-state index in [1.165, 1.54) is 11.8 Å². The Bertz CT molecular complexity index is 906. The van der Waals surface area contributed by atoms with Crippen LogP contribution in [0.5, 0.6) is 0 Å². The van der Waals surface area contributed by atoms with E-state index in [9.17, 15) is 4.79 Å². The molecule has 1 saturated heterocycles. The third-order valence-electron chi connectivity index (χ3n) is 4.70. The van der Waals surface area contributed by atoms with Crippen LogP contribution in [0.2, 0.25) is 10.0 Å². The molecular weight excluding hydrogens is 419 g/mol.